The Labute approximate surface area is 243 Å². The first-order valence-electron chi connectivity index (χ1n) is 13.1. The van der Waals surface area contributed by atoms with Gasteiger partial charge in [0.25, 0.3) is 0 Å². The van der Waals surface area contributed by atoms with Crippen LogP contribution in [0.2, 0.25) is 10.0 Å². The summed E-state index contributed by atoms with van der Waals surface area (Å²) in [7, 11) is 0. The normalized spacial score (nSPS) is 20.6. The molecule has 8 nitrogen and oxygen atoms in total. The Morgan fingerprint density at radius 1 is 1.10 bits per heavy atom. The number of amides is 3. The molecule has 0 unspecified atom stereocenters. The summed E-state index contributed by atoms with van der Waals surface area (Å²) in [6, 6.07) is 14.5. The van der Waals surface area contributed by atoms with E-state index >= 15 is 0 Å². The molecule has 0 aromatic heterocycles. The molecule has 0 spiro atoms. The molecule has 0 aliphatic carbocycles. The first kappa shape index (κ1) is 29.7. The van der Waals surface area contributed by atoms with Gasteiger partial charge in [0.1, 0.15) is 11.9 Å². The number of morpholine rings is 1. The van der Waals surface area contributed by atoms with E-state index in [1.807, 2.05) is 37.3 Å². The largest absolute Gasteiger partial charge is 0.379 e. The van der Waals surface area contributed by atoms with Crippen molar-refractivity contribution < 1.29 is 19.1 Å². The van der Waals surface area contributed by atoms with Crippen LogP contribution in [0.3, 0.4) is 0 Å². The number of nitrogens with zero attached hydrogens (tertiary/aromatic N) is 2. The Morgan fingerprint density at radius 2 is 1.85 bits per heavy atom. The molecule has 3 atom stereocenters. The van der Waals surface area contributed by atoms with Crippen molar-refractivity contribution in [3.05, 3.63) is 69.7 Å². The van der Waals surface area contributed by atoms with Gasteiger partial charge in [-0.3, -0.25) is 19.3 Å². The molecule has 2 heterocycles. The highest BCUT2D eigenvalue weighted by molar-refractivity contribution is 8.01. The number of halogens is 2. The number of hydrogen-bond acceptors (Lipinski definition) is 6. The quantitative estimate of drug-likeness (QED) is 0.383. The molecule has 2 N–H and O–H groups in total. The summed E-state index contributed by atoms with van der Waals surface area (Å²) in [4.78, 5) is 43.1. The molecular weight excluding hydrogens is 559 g/mol. The van der Waals surface area contributed by atoms with E-state index in [0.29, 0.717) is 22.2 Å². The fourth-order valence-electron chi connectivity index (χ4n) is 4.69. The van der Waals surface area contributed by atoms with Crippen molar-refractivity contribution in [3.8, 4) is 0 Å². The lowest BCUT2D eigenvalue weighted by Crippen LogP contribution is -2.42. The molecule has 2 saturated heterocycles. The van der Waals surface area contributed by atoms with Crippen molar-refractivity contribution in [2.75, 3.05) is 45.9 Å². The zero-order chi connectivity index (χ0) is 27.8. The second kappa shape index (κ2) is 14.4. The smallest absolute Gasteiger partial charge is 0.239 e. The topological polar surface area (TPSA) is 91.0 Å². The predicted octanol–water partition coefficient (Wildman–Crippen LogP) is 4.04. The standard InChI is InChI=1S/C28H34Cl2N4O4S/c1-19(20-6-3-2-4-7-20)32-25(35)17-24-27(37)34(28(39-24)22-9-8-21(29)16-23(22)30)18-26(36)31-10-5-11-33-12-14-38-15-13-33/h2-4,6-9,16,19,24,28H,5,10-15,17-18H2,1H3,(H,31,36)(H,32,35)/t19-,24+,28+/m0/s1. The van der Waals surface area contributed by atoms with Crippen LogP contribution in [0.25, 0.3) is 0 Å². The molecular formula is C28H34Cl2N4O4S. The maximum Gasteiger partial charge on any atom is 0.239 e. The Balaban J connectivity index is 1.38. The van der Waals surface area contributed by atoms with Crippen LogP contribution in [0.15, 0.2) is 48.5 Å². The summed E-state index contributed by atoms with van der Waals surface area (Å²) in [6.07, 6.45) is 0.809. The van der Waals surface area contributed by atoms with Gasteiger partial charge in [-0.2, -0.15) is 0 Å². The van der Waals surface area contributed by atoms with E-state index in [9.17, 15) is 14.4 Å². The summed E-state index contributed by atoms with van der Waals surface area (Å²) in [5.74, 6) is -0.738. The second-order valence-corrected chi connectivity index (χ2v) is 11.8. The van der Waals surface area contributed by atoms with Crippen LogP contribution in [0, 0.1) is 0 Å². The number of thioether (sulfide) groups is 1. The molecule has 0 saturated carbocycles. The molecule has 0 bridgehead atoms. The third-order valence-electron chi connectivity index (χ3n) is 6.80. The van der Waals surface area contributed by atoms with Gasteiger partial charge in [0, 0.05) is 41.7 Å². The Kier molecular flexibility index (Phi) is 10.9. The lowest BCUT2D eigenvalue weighted by atomic mass is 10.1. The zero-order valence-electron chi connectivity index (χ0n) is 21.9. The summed E-state index contributed by atoms with van der Waals surface area (Å²) in [6.45, 7) is 6.45. The number of rotatable bonds is 11. The Hall–Kier alpha value is -2.30. The molecule has 0 radical (unpaired) electrons. The van der Waals surface area contributed by atoms with E-state index in [4.69, 9.17) is 27.9 Å². The fraction of sp³-hybridized carbons (Fsp3) is 0.464. The van der Waals surface area contributed by atoms with Crippen LogP contribution in [0.1, 0.15) is 42.3 Å². The minimum Gasteiger partial charge on any atom is -0.379 e. The van der Waals surface area contributed by atoms with Crippen LogP contribution >= 0.6 is 35.0 Å². The first-order valence-corrected chi connectivity index (χ1v) is 14.8. The van der Waals surface area contributed by atoms with Crippen molar-refractivity contribution in [1.82, 2.24) is 20.4 Å². The van der Waals surface area contributed by atoms with Crippen molar-refractivity contribution in [2.45, 2.75) is 36.4 Å². The van der Waals surface area contributed by atoms with Crippen LogP contribution in [0.4, 0.5) is 0 Å². The lowest BCUT2D eigenvalue weighted by Gasteiger charge is -2.26. The average Bonchev–Trinajstić information content (AvgIpc) is 3.21. The van der Waals surface area contributed by atoms with E-state index in [0.717, 1.165) is 44.8 Å². The van der Waals surface area contributed by atoms with Gasteiger partial charge < -0.3 is 20.3 Å². The fourth-order valence-corrected chi connectivity index (χ4v) is 6.75. The third-order valence-corrected chi connectivity index (χ3v) is 8.83. The van der Waals surface area contributed by atoms with Crippen LogP contribution in [0.5, 0.6) is 0 Å². The van der Waals surface area contributed by atoms with Gasteiger partial charge in [0.2, 0.25) is 17.7 Å². The summed E-state index contributed by atoms with van der Waals surface area (Å²) < 4.78 is 5.37. The molecule has 210 valence electrons. The minimum atomic E-state index is -0.640. The van der Waals surface area contributed by atoms with E-state index in [2.05, 4.69) is 15.5 Å². The van der Waals surface area contributed by atoms with Crippen molar-refractivity contribution in [1.29, 1.82) is 0 Å². The highest BCUT2D eigenvalue weighted by atomic mass is 35.5. The van der Waals surface area contributed by atoms with Crippen LogP contribution in [-0.4, -0.2) is 78.7 Å². The molecule has 11 heteroatoms. The van der Waals surface area contributed by atoms with Gasteiger partial charge in [0.05, 0.1) is 24.5 Å². The number of ether oxygens (including phenoxy) is 1. The average molecular weight is 594 g/mol. The molecule has 2 fully saturated rings. The number of benzene rings is 2. The van der Waals surface area contributed by atoms with E-state index < -0.39 is 10.6 Å². The Morgan fingerprint density at radius 3 is 2.56 bits per heavy atom. The lowest BCUT2D eigenvalue weighted by molar-refractivity contribution is -0.136. The SMILES string of the molecule is C[C@H](NC(=O)C[C@H]1S[C@H](c2ccc(Cl)cc2Cl)N(CC(=O)NCCCN2CCOCC2)C1=O)c1ccccc1. The monoisotopic (exact) mass is 592 g/mol. The number of hydrogen-bond donors (Lipinski definition) is 2. The van der Waals surface area contributed by atoms with Crippen LogP contribution < -0.4 is 10.6 Å². The van der Waals surface area contributed by atoms with E-state index in [-0.39, 0.29) is 36.7 Å². The van der Waals surface area contributed by atoms with E-state index in [1.165, 1.54) is 16.7 Å². The Bertz CT molecular complexity index is 1150. The van der Waals surface area contributed by atoms with Gasteiger partial charge in [0.15, 0.2) is 0 Å². The van der Waals surface area contributed by atoms with Crippen LogP contribution in [-0.2, 0) is 19.1 Å². The third kappa shape index (κ3) is 8.35. The first-order chi connectivity index (χ1) is 18.8. The number of carbonyl (C=O) groups is 3. The highest BCUT2D eigenvalue weighted by Crippen LogP contribution is 2.46. The summed E-state index contributed by atoms with van der Waals surface area (Å²) in [5, 5.41) is 5.65. The molecule has 4 rings (SSSR count). The van der Waals surface area contributed by atoms with Crippen molar-refractivity contribution >= 4 is 52.7 Å². The molecule has 2 aliphatic heterocycles. The number of nitrogens with one attached hydrogen (secondary N) is 2. The van der Waals surface area contributed by atoms with Crippen molar-refractivity contribution in [2.24, 2.45) is 0 Å². The van der Waals surface area contributed by atoms with Gasteiger partial charge >= 0.3 is 0 Å². The zero-order valence-corrected chi connectivity index (χ0v) is 24.2. The maximum absolute atomic E-state index is 13.5. The van der Waals surface area contributed by atoms with Gasteiger partial charge in [-0.05, 0) is 37.6 Å². The number of carbonyl (C=O) groups excluding carboxylic acids is 3. The highest BCUT2D eigenvalue weighted by Gasteiger charge is 2.43. The van der Waals surface area contributed by atoms with Gasteiger partial charge in [-0.15, -0.1) is 11.8 Å². The summed E-state index contributed by atoms with van der Waals surface area (Å²) >= 11 is 13.9. The van der Waals surface area contributed by atoms with Gasteiger partial charge in [-0.25, -0.2) is 0 Å². The van der Waals surface area contributed by atoms with E-state index in [1.54, 1.807) is 18.2 Å². The molecule has 2 aliphatic rings. The van der Waals surface area contributed by atoms with Crippen molar-refractivity contribution in [3.63, 3.8) is 0 Å². The molecule has 2 aromatic carbocycles. The molecule has 3 amide bonds. The maximum atomic E-state index is 13.5. The van der Waals surface area contributed by atoms with Gasteiger partial charge in [-0.1, -0.05) is 59.6 Å². The predicted molar refractivity (Wildman–Crippen MR) is 155 cm³/mol. The molecule has 39 heavy (non-hydrogen) atoms. The summed E-state index contributed by atoms with van der Waals surface area (Å²) in [5.41, 5.74) is 1.66. The minimum absolute atomic E-state index is 0.0000500. The molecule has 2 aromatic rings. The second-order valence-electron chi connectivity index (χ2n) is 9.67.